The van der Waals surface area contributed by atoms with E-state index in [1.165, 1.54) is 35.8 Å². The molecular weight excluding hydrogens is 1110 g/mol. The minimum atomic E-state index is -3.35. The van der Waals surface area contributed by atoms with Crippen LogP contribution in [-0.4, -0.2) is 63.1 Å². The van der Waals surface area contributed by atoms with Gasteiger partial charge in [-0.25, -0.2) is 31.6 Å². The number of thiazole rings is 2. The summed E-state index contributed by atoms with van der Waals surface area (Å²) in [6, 6.07) is 23.8. The van der Waals surface area contributed by atoms with Crippen LogP contribution >= 0.6 is 89.3 Å². The number of sulfone groups is 2. The molecule has 0 fully saturated rings. The van der Waals surface area contributed by atoms with Gasteiger partial charge in [-0.15, -0.1) is 0 Å². The second-order valence-corrected chi connectivity index (χ2v) is 21.9. The lowest BCUT2D eigenvalue weighted by Crippen LogP contribution is -2.34. The number of amides is 5. The molecule has 0 atom stereocenters. The fraction of sp³-hybridized carbons (Fsp3) is 0.122. The van der Waals surface area contributed by atoms with Crippen LogP contribution in [0.2, 0.25) is 15.1 Å². The number of aromatic nitrogens is 2. The van der Waals surface area contributed by atoms with Crippen LogP contribution in [0.5, 0.6) is 0 Å². The zero-order valence-electron chi connectivity index (χ0n) is 34.0. The van der Waals surface area contributed by atoms with Crippen molar-refractivity contribution in [1.82, 2.24) is 15.3 Å². The van der Waals surface area contributed by atoms with Gasteiger partial charge in [-0.3, -0.25) is 25.0 Å². The molecule has 0 aliphatic carbocycles. The molecule has 0 spiro atoms. The molecule has 0 bridgehead atoms. The van der Waals surface area contributed by atoms with E-state index in [4.69, 9.17) is 52.0 Å². The number of rotatable bonds is 8. The van der Waals surface area contributed by atoms with Gasteiger partial charge in [0.1, 0.15) is 0 Å². The van der Waals surface area contributed by atoms with Crippen molar-refractivity contribution >= 4 is 163 Å². The molecule has 2 aromatic heterocycles. The van der Waals surface area contributed by atoms with Crippen LogP contribution in [0.3, 0.4) is 0 Å². The Balaban J connectivity index is 0.000000209. The number of hydrogen-bond donors (Lipinski definition) is 5. The number of carbonyl (C=O) groups is 4. The van der Waals surface area contributed by atoms with E-state index in [0.717, 1.165) is 44.5 Å². The van der Waals surface area contributed by atoms with Crippen molar-refractivity contribution in [3.8, 4) is 0 Å². The van der Waals surface area contributed by atoms with E-state index in [1.54, 1.807) is 60.7 Å². The van der Waals surface area contributed by atoms with Crippen LogP contribution in [0.1, 0.15) is 47.8 Å². The van der Waals surface area contributed by atoms with E-state index in [-0.39, 0.29) is 20.6 Å². The molecule has 0 aliphatic rings. The van der Waals surface area contributed by atoms with Gasteiger partial charge in [0.2, 0.25) is 11.8 Å². The zero-order chi connectivity index (χ0) is 48.4. The summed E-state index contributed by atoms with van der Waals surface area (Å²) >= 11 is 26.4. The molecule has 342 valence electrons. The third-order valence-corrected chi connectivity index (χ3v) is 14.6. The highest BCUT2D eigenvalue weighted by Gasteiger charge is 2.17. The third kappa shape index (κ3) is 15.4. The van der Waals surface area contributed by atoms with Crippen molar-refractivity contribution in [3.05, 3.63) is 139 Å². The van der Waals surface area contributed by atoms with Crippen molar-refractivity contribution in [1.29, 1.82) is 0 Å². The van der Waals surface area contributed by atoms with Gasteiger partial charge in [-0.05, 0) is 90.8 Å². The van der Waals surface area contributed by atoms with Crippen LogP contribution in [0.25, 0.3) is 20.4 Å². The summed E-state index contributed by atoms with van der Waals surface area (Å²) in [6.07, 6.45) is 2.29. The number of nitrogens with two attached hydrogens (primary N) is 3. The maximum absolute atomic E-state index is 12.3. The van der Waals surface area contributed by atoms with Gasteiger partial charge in [0.25, 0.3) is 5.91 Å². The van der Waals surface area contributed by atoms with Crippen LogP contribution in [0.15, 0.2) is 101 Å². The highest BCUT2D eigenvalue weighted by Crippen LogP contribution is 2.29. The number of primary amides is 2. The number of urea groups is 1. The van der Waals surface area contributed by atoms with Crippen molar-refractivity contribution in [2.75, 3.05) is 23.6 Å². The maximum atomic E-state index is 12.3. The molecule has 2 heterocycles. The monoisotopic (exact) mass is 1140 g/mol. The summed E-state index contributed by atoms with van der Waals surface area (Å²) in [5, 5.41) is 7.60. The minimum absolute atomic E-state index is 0.163. The summed E-state index contributed by atoms with van der Waals surface area (Å²) in [5.41, 5.74) is 20.7. The molecular formula is C41H36Br2Cl3N7O8S4. The van der Waals surface area contributed by atoms with E-state index < -0.39 is 43.4 Å². The Labute approximate surface area is 413 Å². The van der Waals surface area contributed by atoms with E-state index >= 15 is 0 Å². The topological polar surface area (TPSA) is 264 Å². The number of nitrogen functional groups attached to an aromatic ring is 1. The highest BCUT2D eigenvalue weighted by atomic mass is 79.9. The molecule has 65 heavy (non-hydrogen) atoms. The highest BCUT2D eigenvalue weighted by molar-refractivity contribution is 9.08. The SMILES string of the molecule is CS(=O)(=O)c1ccc2nc(N)sc2c1.CS(=O)(=O)c1ccc2nc(NC(=O)NC(=O)c3cc(CBr)ccc3Cl)sc2c1.Cc1ccc(Cl)c(C(N)=O)c1.NC(=O)c1cc(CBr)ccc1Cl. The number of fused-ring (bicyclic) bond motifs is 2. The van der Waals surface area contributed by atoms with Gasteiger partial charge in [0.05, 0.1) is 62.0 Å². The minimum Gasteiger partial charge on any atom is -0.375 e. The Morgan fingerprint density at radius 1 is 0.631 bits per heavy atom. The van der Waals surface area contributed by atoms with Crippen molar-refractivity contribution in [2.24, 2.45) is 11.5 Å². The summed E-state index contributed by atoms with van der Waals surface area (Å²) in [5.74, 6) is -1.63. The number of benzene rings is 5. The quantitative estimate of drug-likeness (QED) is 0.0894. The van der Waals surface area contributed by atoms with Crippen molar-refractivity contribution in [3.63, 3.8) is 0 Å². The van der Waals surface area contributed by atoms with Crippen LogP contribution in [-0.2, 0) is 30.3 Å². The molecule has 8 N–H and O–H groups in total. The van der Waals surface area contributed by atoms with E-state index in [2.05, 4.69) is 52.5 Å². The smallest absolute Gasteiger partial charge is 0.327 e. The van der Waals surface area contributed by atoms with Gasteiger partial charge in [0.15, 0.2) is 29.9 Å². The first-order valence-corrected chi connectivity index (χ1v) is 26.8. The number of aryl methyl sites for hydroxylation is 1. The molecule has 15 nitrogen and oxygen atoms in total. The Kier molecular flexibility index (Phi) is 18.8. The molecule has 0 saturated carbocycles. The Morgan fingerprint density at radius 2 is 1.08 bits per heavy atom. The normalized spacial score (nSPS) is 11.0. The molecule has 7 aromatic rings. The standard InChI is InChI=1S/C17H13BrClN3O4S2.C8H7BrClNO.C8H8ClNO.C8H8N2O2S2/c1-28(25,26)10-3-5-13-14(7-10)27-17(20-13)22-16(24)21-15(23)11-6-9(8-18)2-4-12(11)19;9-4-5-1-2-7(10)6(3-5)8(11)12;1-5-2-3-7(9)6(4-5)8(10)11;1-14(11,12)5-2-3-6-7(4-5)13-8(9)10-6/h2-7H,8H2,1H3,(H2,20,21,22,23,24);1-3H,4H2,(H2,11,12);2-4H,1H3,(H2,10,11);2-4H,1H3,(H2,9,10). The molecule has 0 unspecified atom stereocenters. The average Bonchev–Trinajstić information content (AvgIpc) is 3.82. The summed E-state index contributed by atoms with van der Waals surface area (Å²) in [7, 11) is -6.49. The Hall–Kier alpha value is -4.71. The van der Waals surface area contributed by atoms with E-state index in [9.17, 15) is 36.0 Å². The first-order valence-electron chi connectivity index (χ1n) is 18.0. The zero-order valence-corrected chi connectivity index (χ0v) is 42.7. The van der Waals surface area contributed by atoms with Gasteiger partial charge in [-0.1, -0.05) is 113 Å². The third-order valence-electron chi connectivity index (χ3n) is 8.31. The molecule has 7 rings (SSSR count). The van der Waals surface area contributed by atoms with Gasteiger partial charge in [-0.2, -0.15) is 0 Å². The first-order chi connectivity index (χ1) is 30.4. The average molecular weight is 1150 g/mol. The molecule has 5 aromatic carbocycles. The van der Waals surface area contributed by atoms with Crippen molar-refractivity contribution < 1.29 is 36.0 Å². The lowest BCUT2D eigenvalue weighted by atomic mass is 10.1. The summed E-state index contributed by atoms with van der Waals surface area (Å²) < 4.78 is 47.2. The van der Waals surface area contributed by atoms with Gasteiger partial charge >= 0.3 is 6.03 Å². The van der Waals surface area contributed by atoms with E-state index in [0.29, 0.717) is 52.1 Å². The fourth-order valence-corrected chi connectivity index (χ4v) is 9.58. The van der Waals surface area contributed by atoms with Gasteiger partial charge < -0.3 is 17.2 Å². The van der Waals surface area contributed by atoms with Crippen LogP contribution in [0.4, 0.5) is 15.1 Å². The van der Waals surface area contributed by atoms with Crippen molar-refractivity contribution in [2.45, 2.75) is 27.4 Å². The lowest BCUT2D eigenvalue weighted by molar-refractivity contribution is 0.0963. The summed E-state index contributed by atoms with van der Waals surface area (Å²) in [6.45, 7) is 1.88. The Morgan fingerprint density at radius 3 is 1.55 bits per heavy atom. The van der Waals surface area contributed by atoms with Crippen LogP contribution in [0, 0.1) is 6.92 Å². The first kappa shape index (κ1) is 52.9. The molecule has 0 saturated heterocycles. The second-order valence-electron chi connectivity index (χ2n) is 13.4. The number of hydrogen-bond acceptors (Lipinski definition) is 13. The molecule has 24 heteroatoms. The number of nitrogens with one attached hydrogen (secondary N) is 2. The number of nitrogens with zero attached hydrogens (tertiary/aromatic N) is 2. The fourth-order valence-electron chi connectivity index (χ4n) is 5.14. The van der Waals surface area contributed by atoms with E-state index in [1.807, 2.05) is 19.1 Å². The maximum Gasteiger partial charge on any atom is 0.327 e. The molecule has 0 radical (unpaired) electrons. The molecule has 0 aliphatic heterocycles. The largest absolute Gasteiger partial charge is 0.375 e. The molecule has 5 amide bonds. The predicted octanol–water partition coefficient (Wildman–Crippen LogP) is 9.57. The lowest BCUT2D eigenvalue weighted by Gasteiger charge is -2.07. The summed E-state index contributed by atoms with van der Waals surface area (Å²) in [4.78, 5) is 54.7. The number of halogens is 5. The van der Waals surface area contributed by atoms with Gasteiger partial charge in [0, 0.05) is 23.2 Å². The second kappa shape index (κ2) is 23.1. The number of imide groups is 1. The Bertz CT molecular complexity index is 3170. The number of anilines is 2. The van der Waals surface area contributed by atoms with Crippen LogP contribution < -0.4 is 27.8 Å². The number of alkyl halides is 2. The predicted molar refractivity (Wildman–Crippen MR) is 268 cm³/mol. The number of carbonyl (C=O) groups excluding carboxylic acids is 4.